The van der Waals surface area contributed by atoms with Gasteiger partial charge in [-0.3, -0.25) is 0 Å². The first-order valence-electron chi connectivity index (χ1n) is 10.6. The number of benzene rings is 2. The van der Waals surface area contributed by atoms with Crippen molar-refractivity contribution in [2.45, 2.75) is 6.92 Å². The smallest absolute Gasteiger partial charge is 0.330 e. The first-order chi connectivity index (χ1) is 16.1. The monoisotopic (exact) mass is 456 g/mol. The van der Waals surface area contributed by atoms with Crippen LogP contribution in [0.1, 0.15) is 11.8 Å². The number of ether oxygens (including phenoxy) is 1. The molecule has 0 spiro atoms. The van der Waals surface area contributed by atoms with Gasteiger partial charge < -0.3 is 9.64 Å². The Kier molecular flexibility index (Phi) is 6.90. The zero-order valence-electron chi connectivity index (χ0n) is 18.7. The van der Waals surface area contributed by atoms with Crippen LogP contribution in [0.3, 0.4) is 0 Å². The highest BCUT2D eigenvalue weighted by Crippen LogP contribution is 2.45. The minimum atomic E-state index is -0.392. The van der Waals surface area contributed by atoms with E-state index in [1.54, 1.807) is 19.3 Å². The maximum absolute atomic E-state index is 12.0. The number of esters is 1. The number of carbonyl (C=O) groups excluding carboxylic acids is 1. The SMILES string of the molecule is CCOC(=O)/C=C/c1sc2nnc(-c3ccccc3)c(-c3ccccc3)c2c1N=CN(C)C. The maximum Gasteiger partial charge on any atom is 0.330 e. The van der Waals surface area contributed by atoms with Gasteiger partial charge in [0.2, 0.25) is 0 Å². The highest BCUT2D eigenvalue weighted by Gasteiger charge is 2.21. The molecule has 0 bridgehead atoms. The molecular weight excluding hydrogens is 432 g/mol. The molecule has 0 unspecified atom stereocenters. The summed E-state index contributed by atoms with van der Waals surface area (Å²) in [5, 5.41) is 10.1. The summed E-state index contributed by atoms with van der Waals surface area (Å²) in [6.45, 7) is 2.11. The molecule has 0 fully saturated rings. The topological polar surface area (TPSA) is 67.7 Å². The molecule has 2 aromatic carbocycles. The molecule has 0 saturated carbocycles. The number of fused-ring (bicyclic) bond motifs is 1. The van der Waals surface area contributed by atoms with E-state index in [1.807, 2.05) is 67.5 Å². The van der Waals surface area contributed by atoms with Crippen LogP contribution < -0.4 is 0 Å². The van der Waals surface area contributed by atoms with Crippen molar-refractivity contribution in [3.05, 3.63) is 71.6 Å². The Morgan fingerprint density at radius 3 is 2.33 bits per heavy atom. The van der Waals surface area contributed by atoms with Gasteiger partial charge in [0.15, 0.2) is 0 Å². The van der Waals surface area contributed by atoms with Crippen molar-refractivity contribution in [2.75, 3.05) is 20.7 Å². The van der Waals surface area contributed by atoms with Gasteiger partial charge in [0, 0.05) is 36.7 Å². The Labute approximate surface area is 196 Å². The van der Waals surface area contributed by atoms with Crippen molar-refractivity contribution in [1.82, 2.24) is 15.1 Å². The summed E-state index contributed by atoms with van der Waals surface area (Å²) in [6.07, 6.45) is 4.92. The van der Waals surface area contributed by atoms with E-state index in [0.717, 1.165) is 43.2 Å². The maximum atomic E-state index is 12.0. The first kappa shape index (κ1) is 22.4. The predicted molar refractivity (Wildman–Crippen MR) is 136 cm³/mol. The lowest BCUT2D eigenvalue weighted by atomic mass is 9.96. The quantitative estimate of drug-likeness (QED) is 0.152. The van der Waals surface area contributed by atoms with Gasteiger partial charge in [-0.05, 0) is 18.6 Å². The lowest BCUT2D eigenvalue weighted by Gasteiger charge is -2.11. The largest absolute Gasteiger partial charge is 0.463 e. The number of hydrogen-bond donors (Lipinski definition) is 0. The molecular formula is C26H24N4O2S. The third kappa shape index (κ3) is 4.99. The molecule has 4 rings (SSSR count). The second-order valence-electron chi connectivity index (χ2n) is 7.44. The second-order valence-corrected chi connectivity index (χ2v) is 8.47. The number of thiophene rings is 1. The minimum Gasteiger partial charge on any atom is -0.463 e. The third-order valence-corrected chi connectivity index (χ3v) is 5.83. The lowest BCUT2D eigenvalue weighted by Crippen LogP contribution is -2.07. The number of carbonyl (C=O) groups is 1. The van der Waals surface area contributed by atoms with E-state index in [4.69, 9.17) is 9.73 Å². The van der Waals surface area contributed by atoms with Crippen LogP contribution in [-0.4, -0.2) is 48.1 Å². The van der Waals surface area contributed by atoms with Crippen molar-refractivity contribution in [1.29, 1.82) is 0 Å². The van der Waals surface area contributed by atoms with Crippen LogP contribution in [-0.2, 0) is 9.53 Å². The fourth-order valence-corrected chi connectivity index (χ4v) is 4.40. The van der Waals surface area contributed by atoms with Crippen molar-refractivity contribution < 1.29 is 9.53 Å². The van der Waals surface area contributed by atoms with Crippen LogP contribution >= 0.6 is 11.3 Å². The van der Waals surface area contributed by atoms with Gasteiger partial charge >= 0.3 is 5.97 Å². The standard InChI is InChI=1S/C26H24N4O2S/c1-4-32-21(31)16-15-20-25(27-17-30(2)3)23-22(18-11-7-5-8-12-18)24(28-29-26(23)33-20)19-13-9-6-10-14-19/h5-17H,4H2,1-3H3/b16-15+,27-17?. The van der Waals surface area contributed by atoms with Crippen LogP contribution in [0.2, 0.25) is 0 Å². The fourth-order valence-electron chi connectivity index (χ4n) is 3.42. The molecule has 0 aliphatic heterocycles. The van der Waals surface area contributed by atoms with Gasteiger partial charge in [-0.2, -0.15) is 0 Å². The van der Waals surface area contributed by atoms with Crippen LogP contribution in [0.25, 0.3) is 38.7 Å². The average molecular weight is 457 g/mol. The minimum absolute atomic E-state index is 0.325. The highest BCUT2D eigenvalue weighted by molar-refractivity contribution is 7.20. The molecule has 33 heavy (non-hydrogen) atoms. The Bertz CT molecular complexity index is 1310. The van der Waals surface area contributed by atoms with E-state index in [2.05, 4.69) is 22.3 Å². The van der Waals surface area contributed by atoms with Gasteiger partial charge in [-0.15, -0.1) is 21.5 Å². The zero-order valence-corrected chi connectivity index (χ0v) is 19.5. The number of aliphatic imine (C=N–C) groups is 1. The van der Waals surface area contributed by atoms with E-state index in [0.29, 0.717) is 6.61 Å². The second kappa shape index (κ2) is 10.2. The molecule has 4 aromatic rings. The normalized spacial score (nSPS) is 11.5. The molecule has 0 N–H and O–H groups in total. The number of nitrogens with zero attached hydrogens (tertiary/aromatic N) is 4. The van der Waals surface area contributed by atoms with E-state index < -0.39 is 5.97 Å². The summed E-state index contributed by atoms with van der Waals surface area (Å²) in [7, 11) is 3.83. The van der Waals surface area contributed by atoms with Crippen molar-refractivity contribution >= 4 is 45.6 Å². The summed E-state index contributed by atoms with van der Waals surface area (Å²) in [6, 6.07) is 20.1. The molecule has 0 aliphatic carbocycles. The molecule has 0 amide bonds. The number of aromatic nitrogens is 2. The van der Waals surface area contributed by atoms with Gasteiger partial charge in [0.25, 0.3) is 0 Å². The molecule has 0 radical (unpaired) electrons. The van der Waals surface area contributed by atoms with Gasteiger partial charge in [-0.25, -0.2) is 9.79 Å². The summed E-state index contributed by atoms with van der Waals surface area (Å²) in [4.78, 5) is 20.2. The van der Waals surface area contributed by atoms with Crippen LogP contribution in [0, 0.1) is 0 Å². The molecule has 166 valence electrons. The average Bonchev–Trinajstić information content (AvgIpc) is 3.19. The van der Waals surface area contributed by atoms with Crippen molar-refractivity contribution in [2.24, 2.45) is 4.99 Å². The summed E-state index contributed by atoms with van der Waals surface area (Å²) < 4.78 is 5.05. The van der Waals surface area contributed by atoms with E-state index >= 15 is 0 Å². The predicted octanol–water partition coefficient (Wildman–Crippen LogP) is 5.82. The molecule has 2 aromatic heterocycles. The zero-order chi connectivity index (χ0) is 23.2. The summed E-state index contributed by atoms with van der Waals surface area (Å²) in [5.41, 5.74) is 4.49. The summed E-state index contributed by atoms with van der Waals surface area (Å²) in [5.74, 6) is -0.392. The van der Waals surface area contributed by atoms with E-state index in [9.17, 15) is 4.79 Å². The Balaban J connectivity index is 2.03. The first-order valence-corrected chi connectivity index (χ1v) is 11.4. The van der Waals surface area contributed by atoms with E-state index in [1.165, 1.54) is 17.4 Å². The fraction of sp³-hybridized carbons (Fsp3) is 0.154. The van der Waals surface area contributed by atoms with Crippen molar-refractivity contribution in [3.8, 4) is 22.4 Å². The Hall–Kier alpha value is -3.84. The Morgan fingerprint density at radius 2 is 1.70 bits per heavy atom. The highest BCUT2D eigenvalue weighted by atomic mass is 32.1. The molecule has 0 aliphatic rings. The summed E-state index contributed by atoms with van der Waals surface area (Å²) >= 11 is 1.45. The third-order valence-electron chi connectivity index (χ3n) is 4.80. The molecule has 7 heteroatoms. The molecule has 2 heterocycles. The van der Waals surface area contributed by atoms with Gasteiger partial charge in [0.05, 0.1) is 23.5 Å². The lowest BCUT2D eigenvalue weighted by molar-refractivity contribution is -0.137. The van der Waals surface area contributed by atoms with Crippen LogP contribution in [0.5, 0.6) is 0 Å². The van der Waals surface area contributed by atoms with Crippen LogP contribution in [0.4, 0.5) is 5.69 Å². The van der Waals surface area contributed by atoms with Crippen LogP contribution in [0.15, 0.2) is 71.7 Å². The van der Waals surface area contributed by atoms with E-state index in [-0.39, 0.29) is 0 Å². The molecule has 0 saturated heterocycles. The van der Waals surface area contributed by atoms with Gasteiger partial charge in [-0.1, -0.05) is 60.7 Å². The van der Waals surface area contributed by atoms with Crippen molar-refractivity contribution in [3.63, 3.8) is 0 Å². The van der Waals surface area contributed by atoms with Gasteiger partial charge in [0.1, 0.15) is 10.5 Å². The number of hydrogen-bond acceptors (Lipinski definition) is 6. The Morgan fingerprint density at radius 1 is 1.03 bits per heavy atom. The number of rotatable bonds is 7. The molecule has 6 nitrogen and oxygen atoms in total. The molecule has 0 atom stereocenters.